The van der Waals surface area contributed by atoms with E-state index in [1.165, 1.54) is 33.9 Å². The molecule has 3 aromatic carbocycles. The van der Waals surface area contributed by atoms with Crippen molar-refractivity contribution in [1.29, 1.82) is 0 Å². The quantitative estimate of drug-likeness (QED) is 0.420. The summed E-state index contributed by atoms with van der Waals surface area (Å²) in [5.41, 5.74) is 3.98. The minimum atomic E-state index is 0.611. The Labute approximate surface area is 155 Å². The number of hydrogen-bond donors (Lipinski definition) is 0. The molecule has 0 bridgehead atoms. The fourth-order valence-corrected chi connectivity index (χ4v) is 3.83. The lowest BCUT2D eigenvalue weighted by molar-refractivity contribution is 0.467. The summed E-state index contributed by atoms with van der Waals surface area (Å²) in [6.07, 6.45) is 1.17. The zero-order chi connectivity index (χ0) is 17.9. The fraction of sp³-hybridized carbons (Fsp3) is 0.250. The summed E-state index contributed by atoms with van der Waals surface area (Å²) < 4.78 is 2.50. The zero-order valence-corrected chi connectivity index (χ0v) is 15.6. The van der Waals surface area contributed by atoms with E-state index in [0.29, 0.717) is 5.92 Å². The minimum Gasteiger partial charge on any atom is -0.375 e. The molecule has 0 amide bonds. The van der Waals surface area contributed by atoms with Crippen LogP contribution >= 0.6 is 0 Å². The standard InChI is InChI=1S/C24H26N2/c1-19(16-17-25(2)20-10-4-3-5-11-20)18-26-23-14-8-6-12-21(23)22-13-7-9-15-24(22)26/h3-15,19H,16-18H2,1-2H3. The van der Waals surface area contributed by atoms with Crippen molar-refractivity contribution in [2.75, 3.05) is 18.5 Å². The van der Waals surface area contributed by atoms with Gasteiger partial charge in [0, 0.05) is 47.6 Å². The number of hydrogen-bond acceptors (Lipinski definition) is 1. The Kier molecular flexibility index (Phi) is 4.66. The molecule has 1 unspecified atom stereocenters. The molecule has 2 nitrogen and oxygen atoms in total. The molecule has 26 heavy (non-hydrogen) atoms. The van der Waals surface area contributed by atoms with Crippen LogP contribution in [0.2, 0.25) is 0 Å². The Morgan fingerprint density at radius 3 is 1.92 bits per heavy atom. The zero-order valence-electron chi connectivity index (χ0n) is 15.6. The van der Waals surface area contributed by atoms with Gasteiger partial charge in [0.15, 0.2) is 0 Å². The van der Waals surface area contributed by atoms with Gasteiger partial charge in [-0.1, -0.05) is 61.5 Å². The lowest BCUT2D eigenvalue weighted by atomic mass is 10.1. The highest BCUT2D eigenvalue weighted by Crippen LogP contribution is 2.29. The van der Waals surface area contributed by atoms with Gasteiger partial charge in [-0.15, -0.1) is 0 Å². The summed E-state index contributed by atoms with van der Waals surface area (Å²) in [5, 5.41) is 2.72. The molecule has 0 saturated heterocycles. The SMILES string of the molecule is CC(CCN(C)c1ccccc1)Cn1c2ccccc2c2ccccc21. The molecule has 0 spiro atoms. The van der Waals surface area contributed by atoms with Crippen molar-refractivity contribution >= 4 is 27.5 Å². The molecule has 132 valence electrons. The predicted molar refractivity (Wildman–Crippen MR) is 113 cm³/mol. The van der Waals surface area contributed by atoms with E-state index in [2.05, 4.69) is 102 Å². The lowest BCUT2D eigenvalue weighted by Crippen LogP contribution is -2.21. The first-order valence-electron chi connectivity index (χ1n) is 9.46. The van der Waals surface area contributed by atoms with Crippen LogP contribution < -0.4 is 4.90 Å². The number of rotatable bonds is 6. The monoisotopic (exact) mass is 342 g/mol. The number of benzene rings is 3. The maximum absolute atomic E-state index is 2.50. The normalized spacial score (nSPS) is 12.5. The number of aromatic nitrogens is 1. The molecule has 0 saturated carbocycles. The average molecular weight is 342 g/mol. The molecular formula is C24H26N2. The van der Waals surface area contributed by atoms with Gasteiger partial charge in [0.2, 0.25) is 0 Å². The van der Waals surface area contributed by atoms with Crippen LogP contribution in [0.3, 0.4) is 0 Å². The van der Waals surface area contributed by atoms with E-state index >= 15 is 0 Å². The average Bonchev–Trinajstić information content (AvgIpc) is 3.01. The van der Waals surface area contributed by atoms with Crippen LogP contribution in [0.1, 0.15) is 13.3 Å². The van der Waals surface area contributed by atoms with Gasteiger partial charge in [-0.05, 0) is 36.6 Å². The molecule has 0 aliphatic carbocycles. The van der Waals surface area contributed by atoms with Crippen LogP contribution in [0.5, 0.6) is 0 Å². The van der Waals surface area contributed by atoms with E-state index in [9.17, 15) is 0 Å². The van der Waals surface area contributed by atoms with Crippen LogP contribution in [-0.2, 0) is 6.54 Å². The molecule has 1 aromatic heterocycles. The van der Waals surface area contributed by atoms with Gasteiger partial charge in [0.1, 0.15) is 0 Å². The number of anilines is 1. The Bertz CT molecular complexity index is 947. The van der Waals surface area contributed by atoms with E-state index in [4.69, 9.17) is 0 Å². The molecule has 0 N–H and O–H groups in total. The van der Waals surface area contributed by atoms with Crippen LogP contribution in [0.25, 0.3) is 21.8 Å². The van der Waals surface area contributed by atoms with Crippen LogP contribution in [0.4, 0.5) is 5.69 Å². The highest BCUT2D eigenvalue weighted by Gasteiger charge is 2.13. The lowest BCUT2D eigenvalue weighted by Gasteiger charge is -2.22. The van der Waals surface area contributed by atoms with E-state index in [1.54, 1.807) is 0 Å². The second-order valence-electron chi connectivity index (χ2n) is 7.30. The Morgan fingerprint density at radius 2 is 1.31 bits per heavy atom. The second kappa shape index (κ2) is 7.25. The van der Waals surface area contributed by atoms with Gasteiger partial charge < -0.3 is 9.47 Å². The van der Waals surface area contributed by atoms with Gasteiger partial charge in [-0.25, -0.2) is 0 Å². The van der Waals surface area contributed by atoms with Gasteiger partial charge in [0.05, 0.1) is 0 Å². The van der Waals surface area contributed by atoms with E-state index < -0.39 is 0 Å². The summed E-state index contributed by atoms with van der Waals surface area (Å²) in [4.78, 5) is 2.35. The van der Waals surface area contributed by atoms with Crippen LogP contribution in [0, 0.1) is 5.92 Å². The molecule has 0 aliphatic rings. The highest BCUT2D eigenvalue weighted by atomic mass is 15.1. The van der Waals surface area contributed by atoms with Crippen LogP contribution in [-0.4, -0.2) is 18.2 Å². The van der Waals surface area contributed by atoms with Crippen molar-refractivity contribution in [1.82, 2.24) is 4.57 Å². The third-order valence-electron chi connectivity index (χ3n) is 5.33. The molecular weight excluding hydrogens is 316 g/mol. The third kappa shape index (κ3) is 3.20. The van der Waals surface area contributed by atoms with Crippen molar-refractivity contribution < 1.29 is 0 Å². The first-order valence-corrected chi connectivity index (χ1v) is 9.46. The molecule has 0 fully saturated rings. The Hall–Kier alpha value is -2.74. The molecule has 4 rings (SSSR count). The molecule has 1 heterocycles. The fourth-order valence-electron chi connectivity index (χ4n) is 3.83. The molecule has 4 aromatic rings. The van der Waals surface area contributed by atoms with Crippen molar-refractivity contribution in [2.45, 2.75) is 19.9 Å². The van der Waals surface area contributed by atoms with E-state index in [-0.39, 0.29) is 0 Å². The maximum atomic E-state index is 2.50. The van der Waals surface area contributed by atoms with Crippen molar-refractivity contribution in [3.63, 3.8) is 0 Å². The third-order valence-corrected chi connectivity index (χ3v) is 5.33. The Morgan fingerprint density at radius 1 is 0.769 bits per heavy atom. The first-order chi connectivity index (χ1) is 12.7. The van der Waals surface area contributed by atoms with Gasteiger partial charge >= 0.3 is 0 Å². The largest absolute Gasteiger partial charge is 0.375 e. The van der Waals surface area contributed by atoms with Gasteiger partial charge in [-0.2, -0.15) is 0 Å². The molecule has 0 aliphatic heterocycles. The molecule has 0 radical (unpaired) electrons. The maximum Gasteiger partial charge on any atom is 0.0491 e. The summed E-state index contributed by atoms with van der Waals surface area (Å²) in [6.45, 7) is 4.49. The van der Waals surface area contributed by atoms with Gasteiger partial charge in [-0.3, -0.25) is 0 Å². The second-order valence-corrected chi connectivity index (χ2v) is 7.30. The van der Waals surface area contributed by atoms with Crippen molar-refractivity contribution in [2.24, 2.45) is 5.92 Å². The summed E-state index contributed by atoms with van der Waals surface area (Å²) >= 11 is 0. The van der Waals surface area contributed by atoms with E-state index in [0.717, 1.165) is 13.1 Å². The highest BCUT2D eigenvalue weighted by molar-refractivity contribution is 6.07. The summed E-state index contributed by atoms with van der Waals surface area (Å²) in [7, 11) is 2.18. The summed E-state index contributed by atoms with van der Waals surface area (Å²) in [5.74, 6) is 0.611. The first kappa shape index (κ1) is 16.7. The van der Waals surface area contributed by atoms with Crippen LogP contribution in [0.15, 0.2) is 78.9 Å². The van der Waals surface area contributed by atoms with E-state index in [1.807, 2.05) is 0 Å². The van der Waals surface area contributed by atoms with Crippen molar-refractivity contribution in [3.8, 4) is 0 Å². The summed E-state index contributed by atoms with van der Waals surface area (Å²) in [6, 6.07) is 28.2. The van der Waals surface area contributed by atoms with Crippen molar-refractivity contribution in [3.05, 3.63) is 78.9 Å². The molecule has 1 atom stereocenters. The predicted octanol–water partition coefficient (Wildman–Crippen LogP) is 5.96. The topological polar surface area (TPSA) is 8.17 Å². The molecule has 2 heteroatoms. The number of para-hydroxylation sites is 3. The smallest absolute Gasteiger partial charge is 0.0491 e. The van der Waals surface area contributed by atoms with Gasteiger partial charge in [0.25, 0.3) is 0 Å². The minimum absolute atomic E-state index is 0.611. The Balaban J connectivity index is 1.53. The number of nitrogens with zero attached hydrogens (tertiary/aromatic N) is 2. The number of fused-ring (bicyclic) bond motifs is 3.